The summed E-state index contributed by atoms with van der Waals surface area (Å²) in [6.45, 7) is 0. The molecule has 0 amide bonds. The number of hydrogen-bond donors (Lipinski definition) is 0. The molecule has 0 unspecified atom stereocenters. The summed E-state index contributed by atoms with van der Waals surface area (Å²) in [4.78, 5) is 2.36. The maximum absolute atomic E-state index is 2.40. The first-order chi connectivity index (χ1) is 22.3. The molecule has 0 saturated heterocycles. The van der Waals surface area contributed by atoms with Crippen molar-refractivity contribution >= 4 is 70.4 Å². The predicted molar refractivity (Wildman–Crippen MR) is 194 cm³/mol. The third-order valence-corrected chi connectivity index (χ3v) is 9.88. The molecule has 2 aromatic heterocycles. The lowest BCUT2D eigenvalue weighted by molar-refractivity contribution is 1.19. The Bertz CT molecular complexity index is 2440. The van der Waals surface area contributed by atoms with E-state index in [0.717, 1.165) is 17.1 Å². The van der Waals surface area contributed by atoms with Gasteiger partial charge in [0.15, 0.2) is 0 Å². The molecular formula is C42H28N2S. The van der Waals surface area contributed by atoms with Gasteiger partial charge in [0.1, 0.15) is 0 Å². The largest absolute Gasteiger partial charge is 0.310 e. The molecular weight excluding hydrogens is 565 g/mol. The molecule has 9 rings (SSSR count). The van der Waals surface area contributed by atoms with Gasteiger partial charge in [-0.1, -0.05) is 109 Å². The van der Waals surface area contributed by atoms with Gasteiger partial charge in [-0.15, -0.1) is 11.3 Å². The van der Waals surface area contributed by atoms with Crippen LogP contribution in [0.15, 0.2) is 170 Å². The summed E-state index contributed by atoms with van der Waals surface area (Å²) in [5.74, 6) is 0. The topological polar surface area (TPSA) is 8.17 Å². The van der Waals surface area contributed by atoms with Crippen LogP contribution in [0.2, 0.25) is 0 Å². The van der Waals surface area contributed by atoms with Crippen LogP contribution in [0, 0.1) is 0 Å². The Hall–Kier alpha value is -5.64. The molecule has 0 bridgehead atoms. The lowest BCUT2D eigenvalue weighted by Crippen LogP contribution is -2.09. The first-order valence-corrected chi connectivity index (χ1v) is 16.1. The Balaban J connectivity index is 1.19. The fourth-order valence-corrected chi connectivity index (χ4v) is 7.88. The van der Waals surface area contributed by atoms with Crippen LogP contribution >= 0.6 is 11.3 Å². The average molecular weight is 593 g/mol. The molecule has 0 atom stereocenters. The molecule has 3 heteroatoms. The van der Waals surface area contributed by atoms with E-state index in [1.165, 1.54) is 58.8 Å². The van der Waals surface area contributed by atoms with Gasteiger partial charge in [0.05, 0.1) is 11.0 Å². The zero-order chi connectivity index (χ0) is 29.7. The summed E-state index contributed by atoms with van der Waals surface area (Å²) in [5.41, 5.74) is 9.49. The van der Waals surface area contributed by atoms with Crippen LogP contribution in [0.1, 0.15) is 0 Å². The van der Waals surface area contributed by atoms with Crippen molar-refractivity contribution in [3.8, 4) is 16.8 Å². The summed E-state index contributed by atoms with van der Waals surface area (Å²) in [6, 6.07) is 61.3. The number of para-hydroxylation sites is 3. The lowest BCUT2D eigenvalue weighted by atomic mass is 10.0. The summed E-state index contributed by atoms with van der Waals surface area (Å²) in [7, 11) is 0. The minimum absolute atomic E-state index is 1.14. The Kier molecular flexibility index (Phi) is 6.03. The van der Waals surface area contributed by atoms with Crippen molar-refractivity contribution in [2.75, 3.05) is 4.90 Å². The minimum Gasteiger partial charge on any atom is -0.310 e. The standard InChI is InChI=1S/C42H28N2S/c1-3-12-29(13-4-1)30-14-11-17-32(26-30)43(31-15-5-2-6-16-31)33-22-24-37-38-25-23-34(28-42(38)45-41(37)27-33)44-39-20-9-7-18-35(39)36-19-8-10-21-40(36)44/h1-28H. The summed E-state index contributed by atoms with van der Waals surface area (Å²) in [6.07, 6.45) is 0. The molecule has 0 aliphatic heterocycles. The molecule has 0 N–H and O–H groups in total. The Morgan fingerprint density at radius 2 is 0.933 bits per heavy atom. The van der Waals surface area contributed by atoms with Gasteiger partial charge >= 0.3 is 0 Å². The summed E-state index contributed by atoms with van der Waals surface area (Å²) < 4.78 is 4.97. The second-order valence-electron chi connectivity index (χ2n) is 11.4. The van der Waals surface area contributed by atoms with Crippen molar-refractivity contribution in [2.24, 2.45) is 0 Å². The number of aromatic nitrogens is 1. The van der Waals surface area contributed by atoms with Crippen LogP contribution < -0.4 is 4.90 Å². The van der Waals surface area contributed by atoms with Crippen LogP contribution in [-0.4, -0.2) is 4.57 Å². The molecule has 212 valence electrons. The Morgan fingerprint density at radius 3 is 1.67 bits per heavy atom. The van der Waals surface area contributed by atoms with Gasteiger partial charge in [0.2, 0.25) is 0 Å². The number of anilines is 3. The van der Waals surface area contributed by atoms with E-state index in [9.17, 15) is 0 Å². The first kappa shape index (κ1) is 25.8. The molecule has 7 aromatic carbocycles. The third-order valence-electron chi connectivity index (χ3n) is 8.76. The zero-order valence-corrected chi connectivity index (χ0v) is 25.3. The Morgan fingerprint density at radius 1 is 0.378 bits per heavy atom. The van der Waals surface area contributed by atoms with E-state index in [0.29, 0.717) is 0 Å². The number of hydrogen-bond acceptors (Lipinski definition) is 2. The molecule has 0 aliphatic rings. The fraction of sp³-hybridized carbons (Fsp3) is 0. The smallest absolute Gasteiger partial charge is 0.0541 e. The van der Waals surface area contributed by atoms with Crippen molar-refractivity contribution < 1.29 is 0 Å². The second-order valence-corrected chi connectivity index (χ2v) is 12.5. The highest BCUT2D eigenvalue weighted by Gasteiger charge is 2.17. The van der Waals surface area contributed by atoms with E-state index in [-0.39, 0.29) is 0 Å². The van der Waals surface area contributed by atoms with Gasteiger partial charge in [-0.3, -0.25) is 0 Å². The van der Waals surface area contributed by atoms with Crippen molar-refractivity contribution in [2.45, 2.75) is 0 Å². The number of fused-ring (bicyclic) bond motifs is 6. The predicted octanol–water partition coefficient (Wildman–Crippen LogP) is 12.3. The summed E-state index contributed by atoms with van der Waals surface area (Å²) >= 11 is 1.87. The maximum atomic E-state index is 2.40. The van der Waals surface area contributed by atoms with Crippen LogP contribution in [0.3, 0.4) is 0 Å². The van der Waals surface area contributed by atoms with E-state index in [1.807, 2.05) is 11.3 Å². The normalized spacial score (nSPS) is 11.6. The van der Waals surface area contributed by atoms with Gasteiger partial charge < -0.3 is 9.47 Å². The summed E-state index contributed by atoms with van der Waals surface area (Å²) in [5, 5.41) is 5.15. The van der Waals surface area contributed by atoms with Gasteiger partial charge in [-0.05, 0) is 71.8 Å². The molecule has 0 spiro atoms. The van der Waals surface area contributed by atoms with Crippen molar-refractivity contribution in [1.82, 2.24) is 4.57 Å². The van der Waals surface area contributed by atoms with E-state index in [1.54, 1.807) is 0 Å². The SMILES string of the molecule is c1ccc(-c2cccc(N(c3ccccc3)c3ccc4c(c3)sc3cc(-n5c6ccccc6c6ccccc65)ccc34)c2)cc1. The van der Waals surface area contributed by atoms with Crippen molar-refractivity contribution in [3.05, 3.63) is 170 Å². The van der Waals surface area contributed by atoms with Gasteiger partial charge in [0.25, 0.3) is 0 Å². The van der Waals surface area contributed by atoms with E-state index < -0.39 is 0 Å². The molecule has 2 heterocycles. The van der Waals surface area contributed by atoms with Gasteiger partial charge in [-0.25, -0.2) is 0 Å². The molecule has 45 heavy (non-hydrogen) atoms. The molecule has 0 radical (unpaired) electrons. The minimum atomic E-state index is 1.14. The fourth-order valence-electron chi connectivity index (χ4n) is 6.71. The molecule has 2 nitrogen and oxygen atoms in total. The van der Waals surface area contributed by atoms with E-state index >= 15 is 0 Å². The van der Waals surface area contributed by atoms with E-state index in [4.69, 9.17) is 0 Å². The molecule has 0 fully saturated rings. The third kappa shape index (κ3) is 4.32. The quantitative estimate of drug-likeness (QED) is 0.193. The number of benzene rings is 7. The number of nitrogens with zero attached hydrogens (tertiary/aromatic N) is 2. The van der Waals surface area contributed by atoms with Crippen LogP contribution in [-0.2, 0) is 0 Å². The van der Waals surface area contributed by atoms with E-state index in [2.05, 4.69) is 179 Å². The molecule has 0 aliphatic carbocycles. The monoisotopic (exact) mass is 592 g/mol. The maximum Gasteiger partial charge on any atom is 0.0541 e. The van der Waals surface area contributed by atoms with Crippen molar-refractivity contribution in [1.29, 1.82) is 0 Å². The number of thiophene rings is 1. The zero-order valence-electron chi connectivity index (χ0n) is 24.5. The number of rotatable bonds is 5. The van der Waals surface area contributed by atoms with Crippen LogP contribution in [0.25, 0.3) is 58.8 Å². The first-order valence-electron chi connectivity index (χ1n) is 15.3. The second kappa shape index (κ2) is 10.5. The molecule has 0 saturated carbocycles. The van der Waals surface area contributed by atoms with Gasteiger partial charge in [-0.2, -0.15) is 0 Å². The van der Waals surface area contributed by atoms with Crippen LogP contribution in [0.5, 0.6) is 0 Å². The Labute approximate surface area is 265 Å². The highest BCUT2D eigenvalue weighted by molar-refractivity contribution is 7.25. The average Bonchev–Trinajstić information content (AvgIpc) is 3.64. The highest BCUT2D eigenvalue weighted by atomic mass is 32.1. The highest BCUT2D eigenvalue weighted by Crippen LogP contribution is 2.42. The van der Waals surface area contributed by atoms with Crippen molar-refractivity contribution in [3.63, 3.8) is 0 Å². The lowest BCUT2D eigenvalue weighted by Gasteiger charge is -2.26. The van der Waals surface area contributed by atoms with Gasteiger partial charge in [0, 0.05) is 53.7 Å². The molecule has 9 aromatic rings. The van der Waals surface area contributed by atoms with Crippen LogP contribution in [0.4, 0.5) is 17.1 Å².